The van der Waals surface area contributed by atoms with Gasteiger partial charge in [0.05, 0.1) is 4.90 Å². The molecular weight excluding hydrogens is 396 g/mol. The lowest BCUT2D eigenvalue weighted by Gasteiger charge is -2.35. The van der Waals surface area contributed by atoms with Crippen molar-refractivity contribution in [2.75, 3.05) is 6.54 Å². The Bertz CT molecular complexity index is 826. The molecule has 0 bridgehead atoms. The van der Waals surface area contributed by atoms with Crippen LogP contribution < -0.4 is 20.9 Å². The number of carbonyl (C=O) groups is 1. The topological polar surface area (TPSA) is 99.3 Å². The summed E-state index contributed by atoms with van der Waals surface area (Å²) in [4.78, 5) is 12.4. The van der Waals surface area contributed by atoms with Crippen LogP contribution in [0.3, 0.4) is 0 Å². The number of hydrogen-bond acceptors (Lipinski definition) is 4. The lowest BCUT2D eigenvalue weighted by Crippen LogP contribution is -2.52. The van der Waals surface area contributed by atoms with Crippen molar-refractivity contribution in [1.29, 1.82) is 0 Å². The Morgan fingerprint density at radius 3 is 2.75 bits per heavy atom. The number of amides is 1. The highest BCUT2D eigenvalue weighted by Gasteiger charge is 2.27. The highest BCUT2D eigenvalue weighted by atomic mass is 32.2. The van der Waals surface area contributed by atoms with E-state index in [1.54, 1.807) is 0 Å². The highest BCUT2D eigenvalue weighted by Crippen LogP contribution is 2.29. The van der Waals surface area contributed by atoms with Gasteiger partial charge in [0.25, 0.3) is 5.91 Å². The average molecular weight is 425 g/mol. The molecule has 1 aromatic carbocycles. The molecule has 154 valence electrons. The van der Waals surface area contributed by atoms with Gasteiger partial charge in [-0.1, -0.05) is 38.8 Å². The summed E-state index contributed by atoms with van der Waals surface area (Å²) in [5, 5.41) is 3.60. The summed E-state index contributed by atoms with van der Waals surface area (Å²) in [6, 6.07) is 6.05. The van der Waals surface area contributed by atoms with Gasteiger partial charge < -0.3 is 5.32 Å². The monoisotopic (exact) mass is 424 g/mol. The first-order chi connectivity index (χ1) is 13.2. The minimum Gasteiger partial charge on any atom is -0.358 e. The second-order valence-electron chi connectivity index (χ2n) is 7.09. The molecule has 9 heteroatoms. The number of hydrazine groups is 1. The molecule has 7 nitrogen and oxygen atoms in total. The Labute approximate surface area is 172 Å². The largest absolute Gasteiger partial charge is 0.358 e. The van der Waals surface area contributed by atoms with Gasteiger partial charge in [0.1, 0.15) is 0 Å². The molecule has 4 N–H and O–H groups in total. The standard InChI is InChI=1S/C19H28N4O3S2/c1-4-11-20-28(25,26)16-9-6-8-15(12-16)18(24)22-23-19(27)21-17-10-5-7-13(2)14(17)3/h4,6,8-9,12-14,17,20H,1,5,7,10-11H2,2-3H3,(H,22,24)(H2,21,23,27)/t13-,14+,17-/m0/s1. The molecule has 0 aromatic heterocycles. The number of carbonyl (C=O) groups excluding carboxylic acids is 1. The Hall–Kier alpha value is -1.97. The summed E-state index contributed by atoms with van der Waals surface area (Å²) in [6.45, 7) is 8.03. The van der Waals surface area contributed by atoms with Gasteiger partial charge in [0.15, 0.2) is 5.11 Å². The zero-order valence-electron chi connectivity index (χ0n) is 16.2. The van der Waals surface area contributed by atoms with E-state index in [9.17, 15) is 13.2 Å². The lowest BCUT2D eigenvalue weighted by molar-refractivity contribution is 0.0943. The third-order valence-corrected chi connectivity index (χ3v) is 6.78. The second kappa shape index (κ2) is 9.99. The van der Waals surface area contributed by atoms with E-state index >= 15 is 0 Å². The van der Waals surface area contributed by atoms with Gasteiger partial charge in [-0.2, -0.15) is 0 Å². The summed E-state index contributed by atoms with van der Waals surface area (Å²) in [7, 11) is -3.70. The number of sulfonamides is 1. The van der Waals surface area contributed by atoms with Crippen molar-refractivity contribution < 1.29 is 13.2 Å². The zero-order chi connectivity index (χ0) is 20.7. The summed E-state index contributed by atoms with van der Waals surface area (Å²) in [6.07, 6.45) is 4.86. The molecule has 2 rings (SSSR count). The molecule has 0 aliphatic heterocycles. The van der Waals surface area contributed by atoms with Crippen LogP contribution in [0.5, 0.6) is 0 Å². The fourth-order valence-electron chi connectivity index (χ4n) is 3.23. The smallest absolute Gasteiger partial charge is 0.269 e. The van der Waals surface area contributed by atoms with Crippen LogP contribution in [0.4, 0.5) is 0 Å². The fraction of sp³-hybridized carbons (Fsp3) is 0.474. The van der Waals surface area contributed by atoms with E-state index in [2.05, 4.69) is 41.3 Å². The van der Waals surface area contributed by atoms with Gasteiger partial charge in [-0.3, -0.25) is 15.6 Å². The van der Waals surface area contributed by atoms with E-state index in [0.717, 1.165) is 12.8 Å². The van der Waals surface area contributed by atoms with Crippen LogP contribution in [-0.4, -0.2) is 32.0 Å². The predicted octanol–water partition coefficient (Wildman–Crippen LogP) is 2.08. The minimum atomic E-state index is -3.70. The van der Waals surface area contributed by atoms with E-state index in [-0.39, 0.29) is 23.0 Å². The fourth-order valence-corrected chi connectivity index (χ4v) is 4.48. The van der Waals surface area contributed by atoms with Gasteiger partial charge in [-0.15, -0.1) is 6.58 Å². The van der Waals surface area contributed by atoms with E-state index in [4.69, 9.17) is 12.2 Å². The van der Waals surface area contributed by atoms with Gasteiger partial charge in [-0.05, 0) is 48.7 Å². The number of nitrogens with one attached hydrogen (secondary N) is 4. The van der Waals surface area contributed by atoms with Crippen LogP contribution in [0.2, 0.25) is 0 Å². The Balaban J connectivity index is 1.93. The summed E-state index contributed by atoms with van der Waals surface area (Å²) in [5.74, 6) is 0.646. The van der Waals surface area contributed by atoms with Gasteiger partial charge in [-0.25, -0.2) is 13.1 Å². The maximum absolute atomic E-state index is 12.4. The molecule has 1 saturated carbocycles. The molecule has 0 unspecified atom stereocenters. The Morgan fingerprint density at radius 2 is 2.04 bits per heavy atom. The first kappa shape index (κ1) is 22.3. The average Bonchev–Trinajstić information content (AvgIpc) is 2.68. The Kier molecular flexibility index (Phi) is 7.97. The predicted molar refractivity (Wildman–Crippen MR) is 114 cm³/mol. The third-order valence-electron chi connectivity index (χ3n) is 5.14. The van der Waals surface area contributed by atoms with Crippen molar-refractivity contribution in [3.8, 4) is 0 Å². The van der Waals surface area contributed by atoms with Crippen LogP contribution in [0.25, 0.3) is 0 Å². The van der Waals surface area contributed by atoms with Crippen LogP contribution in [0, 0.1) is 11.8 Å². The number of thiocarbonyl (C=S) groups is 1. The van der Waals surface area contributed by atoms with E-state index in [1.807, 2.05) is 0 Å². The summed E-state index contributed by atoms with van der Waals surface area (Å²) >= 11 is 5.28. The maximum Gasteiger partial charge on any atom is 0.269 e. The zero-order valence-corrected chi connectivity index (χ0v) is 17.8. The minimum absolute atomic E-state index is 0.00715. The van der Waals surface area contributed by atoms with E-state index in [0.29, 0.717) is 16.9 Å². The van der Waals surface area contributed by atoms with Crippen molar-refractivity contribution in [3.05, 3.63) is 42.5 Å². The van der Waals surface area contributed by atoms with Gasteiger partial charge in [0, 0.05) is 18.2 Å². The molecule has 0 radical (unpaired) electrons. The SMILES string of the molecule is C=CCNS(=O)(=O)c1cccc(C(=O)NNC(=S)N[C@H]2CCC[C@H](C)[C@H]2C)c1. The van der Waals surface area contributed by atoms with Crippen molar-refractivity contribution in [2.45, 2.75) is 44.0 Å². The molecule has 1 aliphatic rings. The van der Waals surface area contributed by atoms with Crippen LogP contribution >= 0.6 is 12.2 Å². The number of hydrogen-bond donors (Lipinski definition) is 4. The molecule has 3 atom stereocenters. The van der Waals surface area contributed by atoms with Crippen LogP contribution in [-0.2, 0) is 10.0 Å². The molecule has 1 fully saturated rings. The molecule has 0 heterocycles. The number of benzene rings is 1. The molecular formula is C19H28N4O3S2. The molecule has 0 spiro atoms. The van der Waals surface area contributed by atoms with Crippen molar-refractivity contribution in [3.63, 3.8) is 0 Å². The Morgan fingerprint density at radius 1 is 1.29 bits per heavy atom. The molecule has 1 aromatic rings. The van der Waals surface area contributed by atoms with Crippen LogP contribution in [0.15, 0.2) is 41.8 Å². The lowest BCUT2D eigenvalue weighted by atomic mass is 9.78. The van der Waals surface area contributed by atoms with Gasteiger partial charge in [0.2, 0.25) is 10.0 Å². The molecule has 1 aliphatic carbocycles. The molecule has 0 saturated heterocycles. The second-order valence-corrected chi connectivity index (χ2v) is 9.27. The van der Waals surface area contributed by atoms with Crippen molar-refractivity contribution >= 4 is 33.3 Å². The van der Waals surface area contributed by atoms with E-state index in [1.165, 1.54) is 36.8 Å². The van der Waals surface area contributed by atoms with Crippen molar-refractivity contribution in [1.82, 2.24) is 20.9 Å². The third kappa shape index (κ3) is 6.02. The van der Waals surface area contributed by atoms with Crippen LogP contribution in [0.1, 0.15) is 43.5 Å². The molecule has 28 heavy (non-hydrogen) atoms. The normalized spacial score (nSPS) is 22.1. The van der Waals surface area contributed by atoms with E-state index < -0.39 is 15.9 Å². The maximum atomic E-state index is 12.4. The quantitative estimate of drug-likeness (QED) is 0.317. The molecule has 1 amide bonds. The first-order valence-electron chi connectivity index (χ1n) is 9.32. The highest BCUT2D eigenvalue weighted by molar-refractivity contribution is 7.89. The summed E-state index contributed by atoms with van der Waals surface area (Å²) in [5.41, 5.74) is 5.42. The van der Waals surface area contributed by atoms with Crippen molar-refractivity contribution in [2.24, 2.45) is 11.8 Å². The summed E-state index contributed by atoms with van der Waals surface area (Å²) < 4.78 is 26.7. The first-order valence-corrected chi connectivity index (χ1v) is 11.2. The van der Waals surface area contributed by atoms with Gasteiger partial charge >= 0.3 is 0 Å². The number of rotatable bonds is 6.